The Labute approximate surface area is 94.3 Å². The van der Waals surface area contributed by atoms with E-state index in [1.165, 1.54) is 16.0 Å². The van der Waals surface area contributed by atoms with Crippen molar-refractivity contribution in [2.24, 2.45) is 0 Å². The van der Waals surface area contributed by atoms with Gasteiger partial charge in [-0.3, -0.25) is 0 Å². The third kappa shape index (κ3) is 2.05. The van der Waals surface area contributed by atoms with E-state index in [1.54, 1.807) is 18.4 Å². The highest BCUT2D eigenvalue weighted by Crippen LogP contribution is 2.34. The molecule has 0 saturated carbocycles. The van der Waals surface area contributed by atoms with E-state index < -0.39 is 0 Å². The van der Waals surface area contributed by atoms with Gasteiger partial charge in [0.1, 0.15) is 5.75 Å². The molecule has 1 aromatic heterocycles. The van der Waals surface area contributed by atoms with Crippen LogP contribution in [-0.4, -0.2) is 7.11 Å². The van der Waals surface area contributed by atoms with Gasteiger partial charge < -0.3 is 4.74 Å². The fourth-order valence-corrected chi connectivity index (χ4v) is 2.58. The first-order chi connectivity index (χ1) is 7.35. The number of aryl methyl sites for hydroxylation is 1. The summed E-state index contributed by atoms with van der Waals surface area (Å²) in [5.74, 6) is 0.946. The Morgan fingerprint density at radius 1 is 1.27 bits per heavy atom. The van der Waals surface area contributed by atoms with Crippen LogP contribution in [0.15, 0.2) is 35.7 Å². The average molecular weight is 218 g/mol. The molecule has 0 radical (unpaired) electrons. The van der Waals surface area contributed by atoms with Gasteiger partial charge in [0.05, 0.1) is 7.11 Å². The number of thiophene rings is 1. The lowest BCUT2D eigenvalue weighted by atomic mass is 10.1. The maximum Gasteiger partial charge on any atom is 0.127 e. The number of para-hydroxylation sites is 1. The summed E-state index contributed by atoms with van der Waals surface area (Å²) in [5.41, 5.74) is 2.57. The molecule has 1 aromatic carbocycles. The number of hydrogen-bond acceptors (Lipinski definition) is 2. The molecule has 0 amide bonds. The summed E-state index contributed by atoms with van der Waals surface area (Å²) in [6.45, 7) is 2.17. The van der Waals surface area contributed by atoms with Crippen molar-refractivity contribution in [3.63, 3.8) is 0 Å². The van der Waals surface area contributed by atoms with Gasteiger partial charge >= 0.3 is 0 Å². The third-order valence-corrected chi connectivity index (χ3v) is 3.45. The highest BCUT2D eigenvalue weighted by molar-refractivity contribution is 7.13. The summed E-state index contributed by atoms with van der Waals surface area (Å²) < 4.78 is 5.35. The van der Waals surface area contributed by atoms with E-state index in [2.05, 4.69) is 24.4 Å². The zero-order valence-electron chi connectivity index (χ0n) is 8.99. The highest BCUT2D eigenvalue weighted by Gasteiger charge is 2.06. The van der Waals surface area contributed by atoms with Gasteiger partial charge in [-0.25, -0.2) is 0 Å². The van der Waals surface area contributed by atoms with Crippen molar-refractivity contribution < 1.29 is 4.74 Å². The van der Waals surface area contributed by atoms with E-state index in [0.717, 1.165) is 12.2 Å². The van der Waals surface area contributed by atoms with Crippen molar-refractivity contribution in [1.29, 1.82) is 0 Å². The lowest BCUT2D eigenvalue weighted by Crippen LogP contribution is -1.85. The standard InChI is InChI=1S/C13H14OS/c1-3-10-8-13(15-9-10)11-6-4-5-7-12(11)14-2/h4-9H,3H2,1-2H3. The van der Waals surface area contributed by atoms with Gasteiger partial charge in [0, 0.05) is 10.4 Å². The normalized spacial score (nSPS) is 10.3. The number of hydrogen-bond donors (Lipinski definition) is 0. The molecule has 2 aromatic rings. The molecule has 78 valence electrons. The predicted octanol–water partition coefficient (Wildman–Crippen LogP) is 3.99. The fraction of sp³-hybridized carbons (Fsp3) is 0.231. The molecule has 2 rings (SSSR count). The van der Waals surface area contributed by atoms with Crippen LogP contribution in [0.25, 0.3) is 10.4 Å². The molecule has 2 heteroatoms. The Balaban J connectivity index is 2.44. The molecule has 1 nitrogen and oxygen atoms in total. The first-order valence-corrected chi connectivity index (χ1v) is 5.94. The molecule has 0 aliphatic carbocycles. The van der Waals surface area contributed by atoms with E-state index in [4.69, 9.17) is 4.74 Å². The quantitative estimate of drug-likeness (QED) is 0.757. The summed E-state index contributed by atoms with van der Waals surface area (Å²) in [6.07, 6.45) is 1.09. The van der Waals surface area contributed by atoms with Crippen LogP contribution in [-0.2, 0) is 6.42 Å². The van der Waals surface area contributed by atoms with E-state index in [9.17, 15) is 0 Å². The minimum absolute atomic E-state index is 0.946. The largest absolute Gasteiger partial charge is 0.496 e. The molecule has 0 spiro atoms. The second-order valence-corrected chi connectivity index (χ2v) is 4.28. The molecule has 0 unspecified atom stereocenters. The Morgan fingerprint density at radius 3 is 2.73 bits per heavy atom. The highest BCUT2D eigenvalue weighted by atomic mass is 32.1. The van der Waals surface area contributed by atoms with Crippen molar-refractivity contribution in [3.8, 4) is 16.2 Å². The maximum atomic E-state index is 5.35. The average Bonchev–Trinajstić information content (AvgIpc) is 2.77. The zero-order valence-corrected chi connectivity index (χ0v) is 9.80. The lowest BCUT2D eigenvalue weighted by molar-refractivity contribution is 0.416. The molecule has 0 aliphatic rings. The number of rotatable bonds is 3. The second-order valence-electron chi connectivity index (χ2n) is 3.37. The van der Waals surface area contributed by atoms with Crippen LogP contribution >= 0.6 is 11.3 Å². The van der Waals surface area contributed by atoms with Crippen LogP contribution in [0.1, 0.15) is 12.5 Å². The van der Waals surface area contributed by atoms with Crippen molar-refractivity contribution in [1.82, 2.24) is 0 Å². The van der Waals surface area contributed by atoms with Crippen LogP contribution < -0.4 is 4.74 Å². The van der Waals surface area contributed by atoms with Gasteiger partial charge in [-0.15, -0.1) is 11.3 Å². The third-order valence-electron chi connectivity index (χ3n) is 2.43. The van der Waals surface area contributed by atoms with Gasteiger partial charge in [0.25, 0.3) is 0 Å². The lowest BCUT2D eigenvalue weighted by Gasteiger charge is -2.05. The van der Waals surface area contributed by atoms with E-state index in [1.807, 2.05) is 18.2 Å². The molecular weight excluding hydrogens is 204 g/mol. The fourth-order valence-electron chi connectivity index (χ4n) is 1.55. The predicted molar refractivity (Wildman–Crippen MR) is 65.7 cm³/mol. The minimum Gasteiger partial charge on any atom is -0.496 e. The molecule has 0 saturated heterocycles. The molecule has 0 bridgehead atoms. The summed E-state index contributed by atoms with van der Waals surface area (Å²) >= 11 is 1.78. The molecule has 0 aliphatic heterocycles. The van der Waals surface area contributed by atoms with E-state index >= 15 is 0 Å². The summed E-state index contributed by atoms with van der Waals surface area (Å²) in [5, 5.41) is 2.21. The van der Waals surface area contributed by atoms with Crippen LogP contribution in [0.3, 0.4) is 0 Å². The minimum atomic E-state index is 0.946. The van der Waals surface area contributed by atoms with E-state index in [0.29, 0.717) is 0 Å². The first-order valence-electron chi connectivity index (χ1n) is 5.06. The Bertz CT molecular complexity index is 445. The summed E-state index contributed by atoms with van der Waals surface area (Å²) in [6, 6.07) is 10.4. The van der Waals surface area contributed by atoms with E-state index in [-0.39, 0.29) is 0 Å². The Hall–Kier alpha value is -1.28. The van der Waals surface area contributed by atoms with Gasteiger partial charge in [-0.2, -0.15) is 0 Å². The second kappa shape index (κ2) is 4.49. The maximum absolute atomic E-state index is 5.35. The molecule has 0 N–H and O–H groups in total. The van der Waals surface area contributed by atoms with Gasteiger partial charge in [0.15, 0.2) is 0 Å². The topological polar surface area (TPSA) is 9.23 Å². The van der Waals surface area contributed by atoms with Gasteiger partial charge in [-0.05, 0) is 35.6 Å². The van der Waals surface area contributed by atoms with Gasteiger partial charge in [-0.1, -0.05) is 19.1 Å². The molecule has 15 heavy (non-hydrogen) atoms. The SMILES string of the molecule is CCc1csc(-c2ccccc2OC)c1. The van der Waals surface area contributed by atoms with Crippen molar-refractivity contribution in [2.75, 3.05) is 7.11 Å². The van der Waals surface area contributed by atoms with Crippen molar-refractivity contribution in [2.45, 2.75) is 13.3 Å². The number of ether oxygens (including phenoxy) is 1. The Morgan fingerprint density at radius 2 is 2.07 bits per heavy atom. The molecule has 0 fully saturated rings. The zero-order chi connectivity index (χ0) is 10.7. The van der Waals surface area contributed by atoms with Crippen LogP contribution in [0.4, 0.5) is 0 Å². The Kier molecular flexibility index (Phi) is 3.07. The molecular formula is C13H14OS. The van der Waals surface area contributed by atoms with Crippen molar-refractivity contribution >= 4 is 11.3 Å². The molecule has 1 heterocycles. The van der Waals surface area contributed by atoms with Gasteiger partial charge in [0.2, 0.25) is 0 Å². The smallest absolute Gasteiger partial charge is 0.127 e. The molecule has 0 atom stereocenters. The van der Waals surface area contributed by atoms with Crippen LogP contribution in [0, 0.1) is 0 Å². The van der Waals surface area contributed by atoms with Crippen LogP contribution in [0.5, 0.6) is 5.75 Å². The van der Waals surface area contributed by atoms with Crippen molar-refractivity contribution in [3.05, 3.63) is 41.3 Å². The van der Waals surface area contributed by atoms with Crippen LogP contribution in [0.2, 0.25) is 0 Å². The number of methoxy groups -OCH3 is 1. The number of benzene rings is 1. The summed E-state index contributed by atoms with van der Waals surface area (Å²) in [7, 11) is 1.72. The first kappa shape index (κ1) is 10.2. The monoisotopic (exact) mass is 218 g/mol. The summed E-state index contributed by atoms with van der Waals surface area (Å²) in [4.78, 5) is 1.28.